The van der Waals surface area contributed by atoms with Crippen molar-refractivity contribution in [3.8, 4) is 0 Å². The van der Waals surface area contributed by atoms with Crippen molar-refractivity contribution in [2.75, 3.05) is 5.32 Å². The third-order valence-corrected chi connectivity index (χ3v) is 6.57. The number of amides is 1. The van der Waals surface area contributed by atoms with E-state index < -0.39 is 0 Å². The van der Waals surface area contributed by atoms with Crippen LogP contribution in [-0.4, -0.2) is 21.2 Å². The number of nitrogens with one attached hydrogen (secondary N) is 1. The van der Waals surface area contributed by atoms with Gasteiger partial charge in [-0.25, -0.2) is 4.98 Å². The summed E-state index contributed by atoms with van der Waals surface area (Å²) in [5.74, 6) is 0.382. The van der Waals surface area contributed by atoms with E-state index in [1.54, 1.807) is 42.5 Å². The van der Waals surface area contributed by atoms with Crippen molar-refractivity contribution in [2.24, 2.45) is 5.92 Å². The van der Waals surface area contributed by atoms with Gasteiger partial charge in [-0.05, 0) is 55.0 Å². The van der Waals surface area contributed by atoms with E-state index in [1.165, 1.54) is 15.8 Å². The molecule has 2 aromatic heterocycles. The lowest BCUT2D eigenvalue weighted by Crippen LogP contribution is -2.25. The monoisotopic (exact) mass is 409 g/mol. The molecule has 6 nitrogen and oxygen atoms in total. The Labute approximate surface area is 172 Å². The van der Waals surface area contributed by atoms with Gasteiger partial charge in [0.05, 0.1) is 18.3 Å². The number of aromatic nitrogens is 2. The van der Waals surface area contributed by atoms with Crippen LogP contribution in [0.2, 0.25) is 0 Å². The molecule has 1 amide bonds. The van der Waals surface area contributed by atoms with Crippen LogP contribution in [0.5, 0.6) is 0 Å². The van der Waals surface area contributed by atoms with Crippen LogP contribution in [0.3, 0.4) is 0 Å². The number of carbonyl (C=O) groups excluding carboxylic acids is 2. The molecule has 0 spiro atoms. The number of anilines is 1. The van der Waals surface area contributed by atoms with Crippen molar-refractivity contribution in [1.82, 2.24) is 9.55 Å². The summed E-state index contributed by atoms with van der Waals surface area (Å²) in [7, 11) is 0. The fourth-order valence-electron chi connectivity index (χ4n) is 3.71. The van der Waals surface area contributed by atoms with Gasteiger partial charge in [-0.2, -0.15) is 0 Å². The Morgan fingerprint density at radius 1 is 1.28 bits per heavy atom. The smallest absolute Gasteiger partial charge is 0.262 e. The van der Waals surface area contributed by atoms with E-state index in [0.29, 0.717) is 29.0 Å². The number of benzene rings is 1. The average molecular weight is 410 g/mol. The van der Waals surface area contributed by atoms with Crippen LogP contribution in [0, 0.1) is 5.92 Å². The molecule has 0 bridgehead atoms. The first kappa shape index (κ1) is 19.5. The maximum Gasteiger partial charge on any atom is 0.262 e. The minimum absolute atomic E-state index is 0.0521. The highest BCUT2D eigenvalue weighted by atomic mass is 32.1. The van der Waals surface area contributed by atoms with E-state index in [1.807, 2.05) is 0 Å². The van der Waals surface area contributed by atoms with Crippen LogP contribution in [0.25, 0.3) is 10.2 Å². The molecule has 0 radical (unpaired) electrons. The lowest BCUT2D eigenvalue weighted by molar-refractivity contribution is -0.115. The van der Waals surface area contributed by atoms with E-state index in [0.717, 1.165) is 29.7 Å². The Hall–Kier alpha value is -2.80. The van der Waals surface area contributed by atoms with Crippen LogP contribution in [0.1, 0.15) is 47.5 Å². The Morgan fingerprint density at radius 3 is 2.76 bits per heavy atom. The van der Waals surface area contributed by atoms with E-state index in [-0.39, 0.29) is 23.8 Å². The molecule has 1 aliphatic carbocycles. The molecule has 0 saturated carbocycles. The number of rotatable bonds is 5. The summed E-state index contributed by atoms with van der Waals surface area (Å²) < 4.78 is 1.41. The van der Waals surface area contributed by atoms with Gasteiger partial charge in [-0.1, -0.05) is 13.8 Å². The number of aryl methyl sites for hydroxylation is 1. The topological polar surface area (TPSA) is 81.1 Å². The third kappa shape index (κ3) is 3.87. The number of thiophene rings is 1. The number of Topliss-reactive ketones (excluding diaryl/α,β-unsaturated/α-hetero) is 1. The summed E-state index contributed by atoms with van der Waals surface area (Å²) in [5, 5.41) is 3.44. The molecule has 0 fully saturated rings. The van der Waals surface area contributed by atoms with Crippen LogP contribution >= 0.6 is 11.3 Å². The first-order valence-electron chi connectivity index (χ1n) is 9.89. The molecule has 7 heteroatoms. The highest BCUT2D eigenvalue weighted by Gasteiger charge is 2.23. The Kier molecular flexibility index (Phi) is 5.32. The van der Waals surface area contributed by atoms with Gasteiger partial charge in [-0.3, -0.25) is 19.0 Å². The zero-order chi connectivity index (χ0) is 20.5. The molecule has 4 rings (SSSR count). The van der Waals surface area contributed by atoms with Crippen molar-refractivity contribution < 1.29 is 9.59 Å². The predicted molar refractivity (Wildman–Crippen MR) is 115 cm³/mol. The molecule has 0 aliphatic heterocycles. The van der Waals surface area contributed by atoms with Gasteiger partial charge in [0, 0.05) is 22.5 Å². The summed E-state index contributed by atoms with van der Waals surface area (Å²) in [5.41, 5.74) is 2.13. The van der Waals surface area contributed by atoms with E-state index in [4.69, 9.17) is 0 Å². The number of carbonyl (C=O) groups is 2. The molecule has 1 aliphatic rings. The van der Waals surface area contributed by atoms with Crippen LogP contribution in [0.15, 0.2) is 35.4 Å². The van der Waals surface area contributed by atoms with Gasteiger partial charge in [0.15, 0.2) is 5.78 Å². The van der Waals surface area contributed by atoms with Crippen molar-refractivity contribution in [3.05, 3.63) is 57.0 Å². The Morgan fingerprint density at radius 2 is 2.03 bits per heavy atom. The summed E-state index contributed by atoms with van der Waals surface area (Å²) in [6.45, 7) is 3.96. The highest BCUT2D eigenvalue weighted by molar-refractivity contribution is 7.18. The van der Waals surface area contributed by atoms with Crippen molar-refractivity contribution in [1.29, 1.82) is 0 Å². The highest BCUT2D eigenvalue weighted by Crippen LogP contribution is 2.35. The van der Waals surface area contributed by atoms with Crippen molar-refractivity contribution >= 4 is 38.9 Å². The number of nitrogens with zero attached hydrogens (tertiary/aromatic N) is 2. The minimum Gasteiger partial charge on any atom is -0.326 e. The number of fused-ring (bicyclic) bond motifs is 3. The minimum atomic E-state index is -0.167. The molecular formula is C22H23N3O3S. The Bertz CT molecular complexity index is 1140. The van der Waals surface area contributed by atoms with Gasteiger partial charge < -0.3 is 5.32 Å². The molecule has 29 heavy (non-hydrogen) atoms. The lowest BCUT2D eigenvalue weighted by atomic mass is 9.89. The molecule has 0 saturated heterocycles. The SMILES string of the molecule is CCC(=O)Nc1ccc(C(=O)Cn2cnc3sc4c(c3c2=O)CC[C@@H](C)C4)cc1. The molecule has 1 N–H and O–H groups in total. The molecule has 1 aromatic carbocycles. The van der Waals surface area contributed by atoms with Crippen molar-refractivity contribution in [2.45, 2.75) is 46.1 Å². The molecule has 3 aromatic rings. The van der Waals surface area contributed by atoms with E-state index in [9.17, 15) is 14.4 Å². The van der Waals surface area contributed by atoms with Crippen LogP contribution < -0.4 is 10.9 Å². The standard InChI is InChI=1S/C22H23N3O3S/c1-3-19(27)24-15-7-5-14(6-8-15)17(26)11-25-12-23-21-20(22(25)28)16-9-4-13(2)10-18(16)29-21/h5-8,12-13H,3-4,9-11H2,1-2H3,(H,24,27)/t13-/m1/s1. The van der Waals surface area contributed by atoms with E-state index in [2.05, 4.69) is 17.2 Å². The van der Waals surface area contributed by atoms with Crippen LogP contribution in [0.4, 0.5) is 5.69 Å². The van der Waals surface area contributed by atoms with E-state index >= 15 is 0 Å². The second kappa shape index (κ2) is 7.91. The Balaban J connectivity index is 1.58. The lowest BCUT2D eigenvalue weighted by Gasteiger charge is -2.17. The van der Waals surface area contributed by atoms with Crippen LogP contribution in [-0.2, 0) is 24.2 Å². The van der Waals surface area contributed by atoms with Gasteiger partial charge in [-0.15, -0.1) is 11.3 Å². The first-order chi connectivity index (χ1) is 14.0. The fourth-order valence-corrected chi connectivity index (χ4v) is 5.05. The maximum absolute atomic E-state index is 13.0. The second-order valence-corrected chi connectivity index (χ2v) is 8.70. The summed E-state index contributed by atoms with van der Waals surface area (Å²) in [6, 6.07) is 6.72. The predicted octanol–water partition coefficient (Wildman–Crippen LogP) is 3.81. The summed E-state index contributed by atoms with van der Waals surface area (Å²) in [6.07, 6.45) is 4.84. The molecule has 0 unspecified atom stereocenters. The number of hydrogen-bond donors (Lipinski definition) is 1. The largest absolute Gasteiger partial charge is 0.326 e. The first-order valence-corrected chi connectivity index (χ1v) is 10.7. The summed E-state index contributed by atoms with van der Waals surface area (Å²) >= 11 is 1.61. The molecule has 150 valence electrons. The number of hydrogen-bond acceptors (Lipinski definition) is 5. The maximum atomic E-state index is 13.0. The zero-order valence-corrected chi connectivity index (χ0v) is 17.3. The number of ketones is 1. The average Bonchev–Trinajstić information content (AvgIpc) is 3.08. The molecular weight excluding hydrogens is 386 g/mol. The quantitative estimate of drug-likeness (QED) is 0.650. The molecule has 1 atom stereocenters. The zero-order valence-electron chi connectivity index (χ0n) is 16.5. The van der Waals surface area contributed by atoms with Gasteiger partial charge in [0.25, 0.3) is 5.56 Å². The van der Waals surface area contributed by atoms with Gasteiger partial charge in [0.1, 0.15) is 4.83 Å². The summed E-state index contributed by atoms with van der Waals surface area (Å²) in [4.78, 5) is 43.7. The normalized spacial score (nSPS) is 15.9. The third-order valence-electron chi connectivity index (χ3n) is 5.41. The van der Waals surface area contributed by atoms with Gasteiger partial charge in [0.2, 0.25) is 5.91 Å². The second-order valence-electron chi connectivity index (χ2n) is 7.61. The van der Waals surface area contributed by atoms with Crippen molar-refractivity contribution in [3.63, 3.8) is 0 Å². The fraction of sp³-hybridized carbons (Fsp3) is 0.364. The molecule has 2 heterocycles. The van der Waals surface area contributed by atoms with Gasteiger partial charge >= 0.3 is 0 Å².